The van der Waals surface area contributed by atoms with Crippen molar-refractivity contribution in [2.45, 2.75) is 36.0 Å². The van der Waals surface area contributed by atoms with Crippen LogP contribution < -0.4 is 5.73 Å². The summed E-state index contributed by atoms with van der Waals surface area (Å²) in [6.07, 6.45) is 2.44. The lowest BCUT2D eigenvalue weighted by molar-refractivity contribution is 0.127. The third kappa shape index (κ3) is 3.47. The van der Waals surface area contributed by atoms with E-state index in [4.69, 9.17) is 10.5 Å². The number of halogens is 1. The van der Waals surface area contributed by atoms with Crippen LogP contribution in [0.25, 0.3) is 0 Å². The van der Waals surface area contributed by atoms with Crippen LogP contribution in [0.4, 0.5) is 0 Å². The minimum atomic E-state index is 0.363. The van der Waals surface area contributed by atoms with Gasteiger partial charge in [-0.15, -0.1) is 11.8 Å². The van der Waals surface area contributed by atoms with E-state index >= 15 is 0 Å². The van der Waals surface area contributed by atoms with Crippen molar-refractivity contribution in [1.29, 1.82) is 0 Å². The highest BCUT2D eigenvalue weighted by atomic mass is 79.9. The fraction of sp³-hybridized carbons (Fsp3) is 0.538. The molecule has 1 aromatic rings. The van der Waals surface area contributed by atoms with E-state index in [2.05, 4.69) is 41.1 Å². The van der Waals surface area contributed by atoms with Crippen LogP contribution >= 0.6 is 27.7 Å². The van der Waals surface area contributed by atoms with Crippen LogP contribution in [0.3, 0.4) is 0 Å². The quantitative estimate of drug-likeness (QED) is 0.926. The van der Waals surface area contributed by atoms with Gasteiger partial charge in [0.2, 0.25) is 0 Å². The molecule has 2 rings (SSSR count). The standard InChI is InChI=1S/C13H18BrNOS/c1-9-13(5-7-16-9)17-11-3-2-10(4-6-15)12(14)8-11/h2-3,8-9,13H,4-7,15H2,1H3. The fourth-order valence-electron chi connectivity index (χ4n) is 2.00. The zero-order chi connectivity index (χ0) is 12.3. The summed E-state index contributed by atoms with van der Waals surface area (Å²) in [7, 11) is 0. The summed E-state index contributed by atoms with van der Waals surface area (Å²) >= 11 is 5.53. The first-order valence-corrected chi connectivity index (χ1v) is 7.64. The average molecular weight is 316 g/mol. The van der Waals surface area contributed by atoms with Crippen molar-refractivity contribution in [3.8, 4) is 0 Å². The molecular formula is C13H18BrNOS. The first-order valence-electron chi connectivity index (χ1n) is 5.97. The van der Waals surface area contributed by atoms with E-state index in [0.29, 0.717) is 17.9 Å². The number of hydrogen-bond acceptors (Lipinski definition) is 3. The van der Waals surface area contributed by atoms with E-state index < -0.39 is 0 Å². The first kappa shape index (κ1) is 13.4. The van der Waals surface area contributed by atoms with Crippen molar-refractivity contribution in [3.05, 3.63) is 28.2 Å². The van der Waals surface area contributed by atoms with Gasteiger partial charge in [-0.25, -0.2) is 0 Å². The van der Waals surface area contributed by atoms with E-state index in [0.717, 1.165) is 19.4 Å². The van der Waals surface area contributed by atoms with Crippen molar-refractivity contribution in [1.82, 2.24) is 0 Å². The molecule has 4 heteroatoms. The molecule has 2 nitrogen and oxygen atoms in total. The molecule has 17 heavy (non-hydrogen) atoms. The second-order valence-corrected chi connectivity index (χ2v) is 6.48. The number of thioether (sulfide) groups is 1. The van der Waals surface area contributed by atoms with E-state index in [9.17, 15) is 0 Å². The largest absolute Gasteiger partial charge is 0.377 e. The Balaban J connectivity index is 2.04. The molecule has 1 fully saturated rings. The van der Waals surface area contributed by atoms with Crippen LogP contribution in [-0.2, 0) is 11.2 Å². The van der Waals surface area contributed by atoms with Crippen LogP contribution in [-0.4, -0.2) is 24.5 Å². The Morgan fingerprint density at radius 2 is 2.35 bits per heavy atom. The molecule has 1 aliphatic rings. The molecule has 1 aromatic carbocycles. The average Bonchev–Trinajstić information content (AvgIpc) is 2.69. The molecule has 0 saturated carbocycles. The molecule has 0 aromatic heterocycles. The Hall–Kier alpha value is -0.0300. The number of benzene rings is 1. The number of ether oxygens (including phenoxy) is 1. The van der Waals surface area contributed by atoms with E-state index in [1.165, 1.54) is 14.9 Å². The lowest BCUT2D eigenvalue weighted by atomic mass is 10.1. The highest BCUT2D eigenvalue weighted by Gasteiger charge is 2.25. The number of hydrogen-bond donors (Lipinski definition) is 1. The Kier molecular flexibility index (Phi) is 4.91. The Labute approximate surface area is 115 Å². The molecule has 0 bridgehead atoms. The van der Waals surface area contributed by atoms with Gasteiger partial charge in [0.25, 0.3) is 0 Å². The molecule has 0 spiro atoms. The number of rotatable bonds is 4. The summed E-state index contributed by atoms with van der Waals surface area (Å²) in [6.45, 7) is 3.74. The zero-order valence-electron chi connectivity index (χ0n) is 9.99. The molecule has 0 aliphatic carbocycles. The van der Waals surface area contributed by atoms with Crippen molar-refractivity contribution >= 4 is 27.7 Å². The summed E-state index contributed by atoms with van der Waals surface area (Å²) in [4.78, 5) is 1.31. The summed E-state index contributed by atoms with van der Waals surface area (Å²) in [5, 5.41) is 0.585. The van der Waals surface area contributed by atoms with Gasteiger partial charge < -0.3 is 10.5 Å². The lowest BCUT2D eigenvalue weighted by Gasteiger charge is -2.14. The topological polar surface area (TPSA) is 35.2 Å². The zero-order valence-corrected chi connectivity index (χ0v) is 12.4. The predicted octanol–water partition coefficient (Wildman–Crippen LogP) is 3.22. The highest BCUT2D eigenvalue weighted by molar-refractivity contribution is 9.10. The van der Waals surface area contributed by atoms with Crippen LogP contribution in [0, 0.1) is 0 Å². The van der Waals surface area contributed by atoms with Gasteiger partial charge in [0.05, 0.1) is 6.10 Å². The summed E-state index contributed by atoms with van der Waals surface area (Å²) < 4.78 is 6.75. The normalized spacial score (nSPS) is 24.2. The maximum Gasteiger partial charge on any atom is 0.0669 e. The Morgan fingerprint density at radius 3 is 2.94 bits per heavy atom. The monoisotopic (exact) mass is 315 g/mol. The molecule has 2 N–H and O–H groups in total. The van der Waals surface area contributed by atoms with Crippen molar-refractivity contribution in [3.63, 3.8) is 0 Å². The molecule has 94 valence electrons. The van der Waals surface area contributed by atoms with E-state index in [1.54, 1.807) is 0 Å². The van der Waals surface area contributed by atoms with Crippen LogP contribution in [0.15, 0.2) is 27.6 Å². The van der Waals surface area contributed by atoms with Gasteiger partial charge in [-0.3, -0.25) is 0 Å². The van der Waals surface area contributed by atoms with E-state index in [1.807, 2.05) is 11.8 Å². The predicted molar refractivity (Wildman–Crippen MR) is 76.6 cm³/mol. The third-order valence-corrected chi connectivity index (χ3v) is 5.22. The SMILES string of the molecule is CC1OCCC1Sc1ccc(CCN)c(Br)c1. The molecule has 0 amide bonds. The van der Waals surface area contributed by atoms with Crippen molar-refractivity contribution < 1.29 is 4.74 Å². The van der Waals surface area contributed by atoms with Gasteiger partial charge in [0.15, 0.2) is 0 Å². The smallest absolute Gasteiger partial charge is 0.0669 e. The Bertz CT molecular complexity index is 386. The first-order chi connectivity index (χ1) is 8.20. The molecule has 2 atom stereocenters. The third-order valence-electron chi connectivity index (χ3n) is 3.03. The van der Waals surface area contributed by atoms with Crippen molar-refractivity contribution in [2.24, 2.45) is 5.73 Å². The second-order valence-electron chi connectivity index (χ2n) is 4.31. The van der Waals surface area contributed by atoms with Gasteiger partial charge >= 0.3 is 0 Å². The van der Waals surface area contributed by atoms with Gasteiger partial charge in [-0.05, 0) is 44.0 Å². The molecular weight excluding hydrogens is 298 g/mol. The van der Waals surface area contributed by atoms with Gasteiger partial charge in [0, 0.05) is 21.2 Å². The highest BCUT2D eigenvalue weighted by Crippen LogP contribution is 2.34. The fourth-order valence-corrected chi connectivity index (χ4v) is 3.90. The van der Waals surface area contributed by atoms with Crippen LogP contribution in [0.2, 0.25) is 0 Å². The maximum atomic E-state index is 5.58. The van der Waals surface area contributed by atoms with Gasteiger partial charge in [-0.2, -0.15) is 0 Å². The molecule has 1 saturated heterocycles. The summed E-state index contributed by atoms with van der Waals surface area (Å²) in [6, 6.07) is 6.55. The molecule has 0 radical (unpaired) electrons. The molecule has 1 heterocycles. The van der Waals surface area contributed by atoms with Crippen LogP contribution in [0.5, 0.6) is 0 Å². The van der Waals surface area contributed by atoms with Gasteiger partial charge in [0.1, 0.15) is 0 Å². The minimum Gasteiger partial charge on any atom is -0.377 e. The number of nitrogens with two attached hydrogens (primary N) is 1. The minimum absolute atomic E-state index is 0.363. The van der Waals surface area contributed by atoms with E-state index in [-0.39, 0.29) is 0 Å². The Morgan fingerprint density at radius 1 is 1.53 bits per heavy atom. The van der Waals surface area contributed by atoms with Gasteiger partial charge in [-0.1, -0.05) is 22.0 Å². The lowest BCUT2D eigenvalue weighted by Crippen LogP contribution is -2.12. The summed E-state index contributed by atoms with van der Waals surface area (Å²) in [5.74, 6) is 0. The maximum absolute atomic E-state index is 5.58. The van der Waals surface area contributed by atoms with Crippen LogP contribution in [0.1, 0.15) is 18.9 Å². The second kappa shape index (κ2) is 6.23. The molecule has 1 aliphatic heterocycles. The summed E-state index contributed by atoms with van der Waals surface area (Å²) in [5.41, 5.74) is 6.86. The van der Waals surface area contributed by atoms with Crippen molar-refractivity contribution in [2.75, 3.05) is 13.2 Å². The molecule has 2 unspecified atom stereocenters.